The van der Waals surface area contributed by atoms with Crippen LogP contribution in [-0.2, 0) is 0 Å². The Hall–Kier alpha value is -2.01. The summed E-state index contributed by atoms with van der Waals surface area (Å²) in [5, 5.41) is 4.28. The van der Waals surface area contributed by atoms with E-state index in [2.05, 4.69) is 36.2 Å². The molecule has 1 N–H and O–H groups in total. The molecule has 0 saturated carbocycles. The van der Waals surface area contributed by atoms with Gasteiger partial charge in [0.25, 0.3) is 0 Å². The number of nitrogens with zero attached hydrogens (tertiary/aromatic N) is 2. The lowest BCUT2D eigenvalue weighted by molar-refractivity contribution is 0.254. The van der Waals surface area contributed by atoms with Gasteiger partial charge in [0.15, 0.2) is 11.5 Å². The third kappa shape index (κ3) is 4.21. The number of anilines is 1. The molecule has 26 heavy (non-hydrogen) atoms. The van der Waals surface area contributed by atoms with Crippen molar-refractivity contribution in [2.24, 2.45) is 0 Å². The molecule has 1 aromatic carbocycles. The largest absolute Gasteiger partial charge is 0.493 e. The molecule has 0 bridgehead atoms. The number of nitrogens with one attached hydrogen (secondary N) is 1. The third-order valence-corrected chi connectivity index (χ3v) is 5.08. The minimum atomic E-state index is 0.407. The maximum Gasteiger partial charge on any atom is 0.163 e. The first-order valence-corrected chi connectivity index (χ1v) is 9.68. The van der Waals surface area contributed by atoms with Crippen molar-refractivity contribution in [1.82, 2.24) is 9.88 Å². The maximum absolute atomic E-state index is 6.06. The molecular weight excluding hydrogens is 326 g/mol. The fraction of sp³-hybridized carbons (Fsp3) is 0.571. The Balaban J connectivity index is 1.80. The highest BCUT2D eigenvalue weighted by molar-refractivity contribution is 5.87. The zero-order valence-corrected chi connectivity index (χ0v) is 16.5. The number of ether oxygens (including phenoxy) is 2. The standard InChI is InChI=1S/C21H31N3O2/c1-15(2)16-13-21(22-3)23-18-14-20(19(25-4)12-17(16)18)26-11-7-10-24-8-5-6-9-24/h12-15H,5-11H2,1-4H3,(H,22,23). The molecular formula is C21H31N3O2. The fourth-order valence-corrected chi connectivity index (χ4v) is 3.61. The van der Waals surface area contributed by atoms with E-state index in [1.54, 1.807) is 7.11 Å². The molecule has 5 nitrogen and oxygen atoms in total. The van der Waals surface area contributed by atoms with E-state index in [0.29, 0.717) is 12.5 Å². The Bertz CT molecular complexity index is 740. The lowest BCUT2D eigenvalue weighted by Crippen LogP contribution is -2.21. The molecule has 0 aliphatic carbocycles. The fourth-order valence-electron chi connectivity index (χ4n) is 3.61. The van der Waals surface area contributed by atoms with Crippen LogP contribution >= 0.6 is 0 Å². The number of fused-ring (bicyclic) bond motifs is 1. The molecule has 2 aromatic rings. The van der Waals surface area contributed by atoms with Crippen molar-refractivity contribution in [2.75, 3.05) is 45.7 Å². The van der Waals surface area contributed by atoms with Crippen molar-refractivity contribution in [2.45, 2.75) is 39.0 Å². The van der Waals surface area contributed by atoms with Gasteiger partial charge in [-0.1, -0.05) is 13.8 Å². The third-order valence-electron chi connectivity index (χ3n) is 5.08. The van der Waals surface area contributed by atoms with Crippen molar-refractivity contribution in [3.05, 3.63) is 23.8 Å². The van der Waals surface area contributed by atoms with Gasteiger partial charge < -0.3 is 19.7 Å². The summed E-state index contributed by atoms with van der Waals surface area (Å²) in [6.45, 7) is 8.66. The Morgan fingerprint density at radius 2 is 1.92 bits per heavy atom. The van der Waals surface area contributed by atoms with E-state index < -0.39 is 0 Å². The first-order valence-electron chi connectivity index (χ1n) is 9.68. The van der Waals surface area contributed by atoms with Crippen molar-refractivity contribution in [3.8, 4) is 11.5 Å². The van der Waals surface area contributed by atoms with E-state index in [4.69, 9.17) is 14.5 Å². The van der Waals surface area contributed by atoms with Crippen LogP contribution in [0.4, 0.5) is 5.82 Å². The molecule has 1 saturated heterocycles. The van der Waals surface area contributed by atoms with E-state index in [1.165, 1.54) is 31.5 Å². The Morgan fingerprint density at radius 3 is 2.58 bits per heavy atom. The Kier molecular flexibility index (Phi) is 6.20. The molecule has 5 heteroatoms. The number of aromatic nitrogens is 1. The van der Waals surface area contributed by atoms with Crippen molar-refractivity contribution < 1.29 is 9.47 Å². The number of methoxy groups -OCH3 is 1. The van der Waals surface area contributed by atoms with Gasteiger partial charge in [-0.15, -0.1) is 0 Å². The van der Waals surface area contributed by atoms with Gasteiger partial charge >= 0.3 is 0 Å². The van der Waals surface area contributed by atoms with Gasteiger partial charge in [0.1, 0.15) is 5.82 Å². The van der Waals surface area contributed by atoms with Crippen LogP contribution in [0.3, 0.4) is 0 Å². The van der Waals surface area contributed by atoms with Crippen LogP contribution < -0.4 is 14.8 Å². The normalized spacial score (nSPS) is 15.0. The molecule has 1 aliphatic heterocycles. The number of rotatable bonds is 8. The molecule has 0 amide bonds. The second-order valence-corrected chi connectivity index (χ2v) is 7.27. The van der Waals surface area contributed by atoms with Crippen LogP contribution in [0.25, 0.3) is 10.9 Å². The maximum atomic E-state index is 6.06. The highest BCUT2D eigenvalue weighted by Gasteiger charge is 2.15. The number of likely N-dealkylation sites (tertiary alicyclic amines) is 1. The summed E-state index contributed by atoms with van der Waals surface area (Å²) in [5.41, 5.74) is 2.20. The van der Waals surface area contributed by atoms with E-state index >= 15 is 0 Å². The molecule has 0 unspecified atom stereocenters. The molecule has 1 fully saturated rings. The molecule has 3 rings (SSSR count). The number of pyridine rings is 1. The summed E-state index contributed by atoms with van der Waals surface area (Å²) >= 11 is 0. The average molecular weight is 357 g/mol. The molecule has 1 aromatic heterocycles. The number of benzene rings is 1. The summed E-state index contributed by atoms with van der Waals surface area (Å²) in [5.74, 6) is 2.84. The highest BCUT2D eigenvalue weighted by Crippen LogP contribution is 2.36. The quantitative estimate of drug-likeness (QED) is 0.715. The number of hydrogen-bond donors (Lipinski definition) is 1. The summed E-state index contributed by atoms with van der Waals surface area (Å²) in [7, 11) is 3.60. The second-order valence-electron chi connectivity index (χ2n) is 7.27. The summed E-state index contributed by atoms with van der Waals surface area (Å²) in [6.07, 6.45) is 3.69. The van der Waals surface area contributed by atoms with Gasteiger partial charge in [0.05, 0.1) is 19.2 Å². The van der Waals surface area contributed by atoms with E-state index in [0.717, 1.165) is 41.2 Å². The minimum absolute atomic E-state index is 0.407. The van der Waals surface area contributed by atoms with Crippen molar-refractivity contribution in [1.29, 1.82) is 0 Å². The number of hydrogen-bond acceptors (Lipinski definition) is 5. The molecule has 1 aliphatic rings. The first-order chi connectivity index (χ1) is 12.6. The SMILES string of the molecule is CNc1cc(C(C)C)c2cc(OC)c(OCCCN3CCCC3)cc2n1. The Morgan fingerprint density at radius 1 is 1.15 bits per heavy atom. The monoisotopic (exact) mass is 357 g/mol. The average Bonchev–Trinajstić information content (AvgIpc) is 3.16. The van der Waals surface area contributed by atoms with E-state index in [9.17, 15) is 0 Å². The summed E-state index contributed by atoms with van der Waals surface area (Å²) in [6, 6.07) is 6.19. The Labute approximate surface area is 156 Å². The van der Waals surface area contributed by atoms with Crippen LogP contribution in [0, 0.1) is 0 Å². The van der Waals surface area contributed by atoms with Gasteiger partial charge in [-0.2, -0.15) is 0 Å². The first kappa shape index (κ1) is 18.8. The zero-order chi connectivity index (χ0) is 18.5. The summed E-state index contributed by atoms with van der Waals surface area (Å²) < 4.78 is 11.7. The van der Waals surface area contributed by atoms with Crippen LogP contribution in [0.1, 0.15) is 44.6 Å². The van der Waals surface area contributed by atoms with Crippen molar-refractivity contribution in [3.63, 3.8) is 0 Å². The second kappa shape index (κ2) is 8.58. The van der Waals surface area contributed by atoms with Gasteiger partial charge in [-0.3, -0.25) is 0 Å². The molecule has 142 valence electrons. The van der Waals surface area contributed by atoms with Crippen LogP contribution in [-0.4, -0.2) is 50.3 Å². The highest BCUT2D eigenvalue weighted by atomic mass is 16.5. The summed E-state index contributed by atoms with van der Waals surface area (Å²) in [4.78, 5) is 7.22. The van der Waals surface area contributed by atoms with E-state index in [-0.39, 0.29) is 0 Å². The van der Waals surface area contributed by atoms with Crippen LogP contribution in [0.15, 0.2) is 18.2 Å². The topological polar surface area (TPSA) is 46.6 Å². The smallest absolute Gasteiger partial charge is 0.163 e. The lowest BCUT2D eigenvalue weighted by Gasteiger charge is -2.17. The van der Waals surface area contributed by atoms with E-state index in [1.807, 2.05) is 13.1 Å². The minimum Gasteiger partial charge on any atom is -0.493 e. The van der Waals surface area contributed by atoms with Gasteiger partial charge in [-0.25, -0.2) is 4.98 Å². The van der Waals surface area contributed by atoms with Gasteiger partial charge in [0, 0.05) is 25.0 Å². The lowest BCUT2D eigenvalue weighted by atomic mass is 9.98. The molecule has 0 spiro atoms. The molecule has 2 heterocycles. The van der Waals surface area contributed by atoms with Crippen LogP contribution in [0.2, 0.25) is 0 Å². The molecule has 0 radical (unpaired) electrons. The predicted octanol–water partition coefficient (Wildman–Crippen LogP) is 4.27. The van der Waals surface area contributed by atoms with Gasteiger partial charge in [0.2, 0.25) is 0 Å². The molecule has 0 atom stereocenters. The predicted molar refractivity (Wildman–Crippen MR) is 108 cm³/mol. The van der Waals surface area contributed by atoms with Crippen LogP contribution in [0.5, 0.6) is 11.5 Å². The zero-order valence-electron chi connectivity index (χ0n) is 16.5. The van der Waals surface area contributed by atoms with Gasteiger partial charge in [-0.05, 0) is 56.0 Å². The van der Waals surface area contributed by atoms with Crippen molar-refractivity contribution >= 4 is 16.7 Å².